The summed E-state index contributed by atoms with van der Waals surface area (Å²) >= 11 is 0. The Labute approximate surface area is 115 Å². The highest BCUT2D eigenvalue weighted by molar-refractivity contribution is 5.59. The molecule has 0 saturated heterocycles. The normalized spacial score (nSPS) is 10.5. The van der Waals surface area contributed by atoms with Crippen LogP contribution in [0.2, 0.25) is 0 Å². The molecule has 0 radical (unpaired) electrons. The van der Waals surface area contributed by atoms with Gasteiger partial charge in [-0.1, -0.05) is 18.2 Å². The first kappa shape index (κ1) is 13.5. The Kier molecular flexibility index (Phi) is 3.79. The number of nitrogen functional groups attached to an aromatic ring is 1. The predicted molar refractivity (Wildman–Crippen MR) is 80.9 cm³/mol. The van der Waals surface area contributed by atoms with Crippen LogP contribution < -0.4 is 10.5 Å². The molecular weight excluding hydrogens is 234 g/mol. The quantitative estimate of drug-likeness (QED) is 0.847. The van der Waals surface area contributed by atoms with Crippen LogP contribution in [0, 0.1) is 20.8 Å². The molecule has 0 spiro atoms. The maximum Gasteiger partial charge on any atom is 0.119 e. The molecule has 2 N–H and O–H groups in total. The number of anilines is 1. The molecule has 2 aromatic rings. The maximum atomic E-state index is 6.14. The number of methoxy groups -OCH3 is 1. The molecule has 0 unspecified atom stereocenters. The van der Waals surface area contributed by atoms with Crippen molar-refractivity contribution >= 4 is 5.69 Å². The maximum absolute atomic E-state index is 6.14. The van der Waals surface area contributed by atoms with Gasteiger partial charge in [-0.25, -0.2) is 0 Å². The van der Waals surface area contributed by atoms with E-state index in [0.717, 1.165) is 23.4 Å². The highest BCUT2D eigenvalue weighted by Gasteiger charge is 2.09. The minimum absolute atomic E-state index is 0.888. The van der Waals surface area contributed by atoms with E-state index >= 15 is 0 Å². The van der Waals surface area contributed by atoms with E-state index in [2.05, 4.69) is 39.0 Å². The van der Waals surface area contributed by atoms with Crippen LogP contribution in [-0.4, -0.2) is 7.11 Å². The second-order valence-electron chi connectivity index (χ2n) is 5.06. The van der Waals surface area contributed by atoms with E-state index in [1.807, 2.05) is 12.1 Å². The fourth-order valence-corrected chi connectivity index (χ4v) is 2.50. The van der Waals surface area contributed by atoms with E-state index in [-0.39, 0.29) is 0 Å². The molecule has 100 valence electrons. The number of benzene rings is 2. The SMILES string of the molecule is COc1cccc(Cc2c(C)cc(C)c(N)c2C)c1. The van der Waals surface area contributed by atoms with E-state index in [0.29, 0.717) is 0 Å². The van der Waals surface area contributed by atoms with Crippen molar-refractivity contribution in [3.8, 4) is 5.75 Å². The van der Waals surface area contributed by atoms with E-state index in [1.54, 1.807) is 7.11 Å². The van der Waals surface area contributed by atoms with Gasteiger partial charge in [0.25, 0.3) is 0 Å². The molecule has 0 aliphatic rings. The number of nitrogens with two attached hydrogens (primary N) is 1. The first-order valence-electron chi connectivity index (χ1n) is 6.51. The molecule has 0 bridgehead atoms. The molecule has 2 nitrogen and oxygen atoms in total. The lowest BCUT2D eigenvalue weighted by Crippen LogP contribution is -2.02. The molecule has 0 atom stereocenters. The van der Waals surface area contributed by atoms with Crippen LogP contribution in [0.25, 0.3) is 0 Å². The van der Waals surface area contributed by atoms with Crippen molar-refractivity contribution in [3.63, 3.8) is 0 Å². The van der Waals surface area contributed by atoms with Crippen LogP contribution in [-0.2, 0) is 6.42 Å². The van der Waals surface area contributed by atoms with Crippen molar-refractivity contribution in [1.29, 1.82) is 0 Å². The summed E-state index contributed by atoms with van der Waals surface area (Å²) in [7, 11) is 1.69. The van der Waals surface area contributed by atoms with Crippen molar-refractivity contribution in [2.75, 3.05) is 12.8 Å². The Morgan fingerprint density at radius 2 is 1.79 bits per heavy atom. The second-order valence-corrected chi connectivity index (χ2v) is 5.06. The number of ether oxygens (including phenoxy) is 1. The van der Waals surface area contributed by atoms with Crippen LogP contribution >= 0.6 is 0 Å². The zero-order valence-corrected chi connectivity index (χ0v) is 12.1. The molecule has 0 aliphatic heterocycles. The summed E-state index contributed by atoms with van der Waals surface area (Å²) in [6.45, 7) is 6.31. The first-order chi connectivity index (χ1) is 9.02. The van der Waals surface area contributed by atoms with Crippen LogP contribution in [0.1, 0.15) is 27.8 Å². The monoisotopic (exact) mass is 255 g/mol. The van der Waals surface area contributed by atoms with Gasteiger partial charge in [0.15, 0.2) is 0 Å². The standard InChI is InChI=1S/C17H21NO/c1-11-8-12(2)17(18)13(3)16(11)10-14-6-5-7-15(9-14)19-4/h5-9H,10,18H2,1-4H3. The number of aryl methyl sites for hydroxylation is 2. The highest BCUT2D eigenvalue weighted by atomic mass is 16.5. The number of rotatable bonds is 3. The second kappa shape index (κ2) is 5.35. The Balaban J connectivity index is 2.40. The molecule has 0 saturated carbocycles. The Bertz CT molecular complexity index is 602. The smallest absolute Gasteiger partial charge is 0.119 e. The Morgan fingerprint density at radius 3 is 2.47 bits per heavy atom. The van der Waals surface area contributed by atoms with Gasteiger partial charge < -0.3 is 10.5 Å². The minimum atomic E-state index is 0.888. The fourth-order valence-electron chi connectivity index (χ4n) is 2.50. The average molecular weight is 255 g/mol. The molecule has 0 fully saturated rings. The van der Waals surface area contributed by atoms with Crippen molar-refractivity contribution in [3.05, 3.63) is 58.1 Å². The summed E-state index contributed by atoms with van der Waals surface area (Å²) in [5.74, 6) is 0.896. The van der Waals surface area contributed by atoms with Gasteiger partial charge in [0.1, 0.15) is 5.75 Å². The van der Waals surface area contributed by atoms with Crippen LogP contribution in [0.4, 0.5) is 5.69 Å². The van der Waals surface area contributed by atoms with E-state index < -0.39 is 0 Å². The first-order valence-corrected chi connectivity index (χ1v) is 6.51. The summed E-state index contributed by atoms with van der Waals surface area (Å²) in [4.78, 5) is 0. The summed E-state index contributed by atoms with van der Waals surface area (Å²) < 4.78 is 5.27. The summed E-state index contributed by atoms with van der Waals surface area (Å²) in [6.07, 6.45) is 0.888. The van der Waals surface area contributed by atoms with Gasteiger partial charge in [0.05, 0.1) is 7.11 Å². The van der Waals surface area contributed by atoms with E-state index in [9.17, 15) is 0 Å². The molecule has 0 amide bonds. The fraction of sp³-hybridized carbons (Fsp3) is 0.294. The lowest BCUT2D eigenvalue weighted by molar-refractivity contribution is 0.414. The molecule has 0 aromatic heterocycles. The van der Waals surface area contributed by atoms with Gasteiger partial charge in [0.2, 0.25) is 0 Å². The predicted octanol–water partition coefficient (Wildman–Crippen LogP) is 3.79. The van der Waals surface area contributed by atoms with E-state index in [4.69, 9.17) is 10.5 Å². The number of hydrogen-bond donors (Lipinski definition) is 1. The molecule has 2 rings (SSSR count). The molecular formula is C17H21NO. The third-order valence-electron chi connectivity index (χ3n) is 3.71. The van der Waals surface area contributed by atoms with Crippen LogP contribution in [0.15, 0.2) is 30.3 Å². The van der Waals surface area contributed by atoms with Gasteiger partial charge >= 0.3 is 0 Å². The third-order valence-corrected chi connectivity index (χ3v) is 3.71. The molecule has 0 heterocycles. The highest BCUT2D eigenvalue weighted by Crippen LogP contribution is 2.27. The summed E-state index contributed by atoms with van der Waals surface area (Å²) in [5, 5.41) is 0. The zero-order chi connectivity index (χ0) is 14.0. The van der Waals surface area contributed by atoms with Crippen LogP contribution in [0.5, 0.6) is 5.75 Å². The van der Waals surface area contributed by atoms with Gasteiger partial charge in [-0.2, -0.15) is 0 Å². The minimum Gasteiger partial charge on any atom is -0.497 e. The average Bonchev–Trinajstić information content (AvgIpc) is 2.41. The lowest BCUT2D eigenvalue weighted by atomic mass is 9.92. The molecule has 19 heavy (non-hydrogen) atoms. The summed E-state index contributed by atoms with van der Waals surface area (Å²) in [6, 6.07) is 10.4. The van der Waals surface area contributed by atoms with Crippen molar-refractivity contribution in [2.24, 2.45) is 0 Å². The van der Waals surface area contributed by atoms with Crippen molar-refractivity contribution in [2.45, 2.75) is 27.2 Å². The zero-order valence-electron chi connectivity index (χ0n) is 12.1. The van der Waals surface area contributed by atoms with E-state index in [1.165, 1.54) is 22.3 Å². The molecule has 2 heteroatoms. The largest absolute Gasteiger partial charge is 0.497 e. The van der Waals surface area contributed by atoms with Gasteiger partial charge in [-0.15, -0.1) is 0 Å². The Hall–Kier alpha value is -1.96. The Morgan fingerprint density at radius 1 is 1.05 bits per heavy atom. The third kappa shape index (κ3) is 2.73. The topological polar surface area (TPSA) is 35.2 Å². The van der Waals surface area contributed by atoms with Crippen LogP contribution in [0.3, 0.4) is 0 Å². The molecule has 2 aromatic carbocycles. The molecule has 0 aliphatic carbocycles. The lowest BCUT2D eigenvalue weighted by Gasteiger charge is -2.15. The van der Waals surface area contributed by atoms with Gasteiger partial charge in [-0.05, 0) is 67.1 Å². The number of hydrogen-bond acceptors (Lipinski definition) is 2. The van der Waals surface area contributed by atoms with Crippen molar-refractivity contribution in [1.82, 2.24) is 0 Å². The summed E-state index contributed by atoms with van der Waals surface area (Å²) in [5.41, 5.74) is 13.3. The van der Waals surface area contributed by atoms with Gasteiger partial charge in [0, 0.05) is 5.69 Å². The van der Waals surface area contributed by atoms with Gasteiger partial charge in [-0.3, -0.25) is 0 Å². The van der Waals surface area contributed by atoms with Crippen molar-refractivity contribution < 1.29 is 4.74 Å².